The van der Waals surface area contributed by atoms with Gasteiger partial charge in [-0.3, -0.25) is 9.59 Å². The summed E-state index contributed by atoms with van der Waals surface area (Å²) in [5, 5.41) is 16.8. The van der Waals surface area contributed by atoms with E-state index < -0.39 is 11.8 Å². The standard InChI is InChI=1S/C27H26BrClN4O3/c1-3-33(4-2)21-12-9-18(10-13-21)15-24(31-26(35)22-7-5-6-8-23(22)29)27(36)32-30-17-19-16-20(28)11-14-25(19)34/h5-17,34H,3-4H2,1-2H3,(H,31,35)(H,32,36)/b24-15+,30-17-. The molecule has 0 bridgehead atoms. The van der Waals surface area contributed by atoms with E-state index in [9.17, 15) is 14.7 Å². The largest absolute Gasteiger partial charge is 0.507 e. The fraction of sp³-hybridized carbons (Fsp3) is 0.148. The zero-order valence-corrected chi connectivity index (χ0v) is 22.2. The average molecular weight is 570 g/mol. The Bertz CT molecular complexity index is 1290. The summed E-state index contributed by atoms with van der Waals surface area (Å²) in [6.07, 6.45) is 2.87. The van der Waals surface area contributed by atoms with E-state index in [0.717, 1.165) is 23.2 Å². The summed E-state index contributed by atoms with van der Waals surface area (Å²) in [5.41, 5.74) is 4.78. The first kappa shape index (κ1) is 27.0. The third-order valence-corrected chi connectivity index (χ3v) is 6.13. The molecule has 7 nitrogen and oxygen atoms in total. The van der Waals surface area contributed by atoms with Crippen molar-refractivity contribution in [2.45, 2.75) is 13.8 Å². The number of amides is 2. The van der Waals surface area contributed by atoms with Gasteiger partial charge in [0.1, 0.15) is 11.4 Å². The Balaban J connectivity index is 1.87. The second-order valence-corrected chi connectivity index (χ2v) is 8.98. The third kappa shape index (κ3) is 7.19. The number of nitrogens with one attached hydrogen (secondary N) is 2. The van der Waals surface area contributed by atoms with Gasteiger partial charge in [0.15, 0.2) is 0 Å². The van der Waals surface area contributed by atoms with Gasteiger partial charge in [0, 0.05) is 28.8 Å². The average Bonchev–Trinajstić information content (AvgIpc) is 2.87. The van der Waals surface area contributed by atoms with E-state index in [1.807, 2.05) is 24.3 Å². The number of rotatable bonds is 9. The molecule has 36 heavy (non-hydrogen) atoms. The number of hydrogen-bond acceptors (Lipinski definition) is 5. The summed E-state index contributed by atoms with van der Waals surface area (Å²) < 4.78 is 0.744. The smallest absolute Gasteiger partial charge is 0.287 e. The highest BCUT2D eigenvalue weighted by molar-refractivity contribution is 9.10. The number of benzene rings is 3. The molecule has 0 radical (unpaired) electrons. The van der Waals surface area contributed by atoms with E-state index in [-0.39, 0.29) is 22.0 Å². The van der Waals surface area contributed by atoms with Gasteiger partial charge >= 0.3 is 0 Å². The Hall–Kier alpha value is -3.62. The molecule has 0 saturated heterocycles. The van der Waals surface area contributed by atoms with Crippen LogP contribution in [0.2, 0.25) is 5.02 Å². The molecule has 0 saturated carbocycles. The predicted octanol–water partition coefficient (Wildman–Crippen LogP) is 5.58. The Morgan fingerprint density at radius 2 is 1.75 bits per heavy atom. The maximum absolute atomic E-state index is 13.0. The van der Waals surface area contributed by atoms with Crippen LogP contribution in [0.15, 0.2) is 82.0 Å². The Morgan fingerprint density at radius 3 is 2.42 bits per heavy atom. The van der Waals surface area contributed by atoms with Crippen LogP contribution in [-0.4, -0.2) is 36.2 Å². The third-order valence-electron chi connectivity index (χ3n) is 5.30. The first-order valence-corrected chi connectivity index (χ1v) is 12.4. The minimum atomic E-state index is -0.644. The van der Waals surface area contributed by atoms with Gasteiger partial charge in [0.2, 0.25) is 0 Å². The van der Waals surface area contributed by atoms with E-state index in [1.165, 1.54) is 12.3 Å². The van der Waals surface area contributed by atoms with E-state index in [4.69, 9.17) is 11.6 Å². The van der Waals surface area contributed by atoms with Gasteiger partial charge in [-0.1, -0.05) is 51.8 Å². The van der Waals surface area contributed by atoms with Crippen molar-refractivity contribution < 1.29 is 14.7 Å². The van der Waals surface area contributed by atoms with Gasteiger partial charge < -0.3 is 15.3 Å². The van der Waals surface area contributed by atoms with Crippen molar-refractivity contribution in [2.75, 3.05) is 18.0 Å². The molecular weight excluding hydrogens is 544 g/mol. The van der Waals surface area contributed by atoms with Gasteiger partial charge in [-0.05, 0) is 68.0 Å². The molecule has 3 rings (SSSR count). The summed E-state index contributed by atoms with van der Waals surface area (Å²) >= 11 is 9.48. The maximum Gasteiger partial charge on any atom is 0.287 e. The van der Waals surface area contributed by atoms with Crippen molar-refractivity contribution in [1.82, 2.24) is 10.7 Å². The van der Waals surface area contributed by atoms with Gasteiger partial charge in [-0.15, -0.1) is 0 Å². The maximum atomic E-state index is 13.0. The normalized spacial score (nSPS) is 11.4. The summed E-state index contributed by atoms with van der Waals surface area (Å²) in [6, 6.07) is 19.1. The molecule has 0 fully saturated rings. The minimum Gasteiger partial charge on any atom is -0.507 e. The second-order valence-electron chi connectivity index (χ2n) is 7.66. The van der Waals surface area contributed by atoms with Crippen molar-refractivity contribution in [3.63, 3.8) is 0 Å². The highest BCUT2D eigenvalue weighted by Crippen LogP contribution is 2.20. The molecule has 186 valence electrons. The molecule has 0 heterocycles. The Kier molecular flexibility index (Phi) is 9.67. The molecule has 0 aliphatic heterocycles. The molecule has 3 aromatic rings. The number of carbonyl (C=O) groups excluding carboxylic acids is 2. The number of hydrogen-bond donors (Lipinski definition) is 3. The molecule has 9 heteroatoms. The topological polar surface area (TPSA) is 94.0 Å². The fourth-order valence-corrected chi connectivity index (χ4v) is 3.98. The lowest BCUT2D eigenvalue weighted by molar-refractivity contribution is -0.117. The van der Waals surface area contributed by atoms with Gasteiger partial charge in [-0.2, -0.15) is 5.10 Å². The molecule has 2 amide bonds. The molecular formula is C27H26BrClN4O3. The Morgan fingerprint density at radius 1 is 1.06 bits per heavy atom. The highest BCUT2D eigenvalue weighted by Gasteiger charge is 2.16. The summed E-state index contributed by atoms with van der Waals surface area (Å²) in [4.78, 5) is 28.1. The van der Waals surface area contributed by atoms with Crippen LogP contribution in [0.5, 0.6) is 5.75 Å². The lowest BCUT2D eigenvalue weighted by atomic mass is 10.1. The zero-order valence-electron chi connectivity index (χ0n) is 19.8. The Labute approximate surface area is 223 Å². The molecule has 0 unspecified atom stereocenters. The van der Waals surface area contributed by atoms with Crippen LogP contribution in [0.3, 0.4) is 0 Å². The molecule has 0 aromatic heterocycles. The van der Waals surface area contributed by atoms with Crippen LogP contribution < -0.4 is 15.6 Å². The number of carbonyl (C=O) groups is 2. The second kappa shape index (κ2) is 12.9. The van der Waals surface area contributed by atoms with Crippen molar-refractivity contribution in [2.24, 2.45) is 5.10 Å². The molecule has 3 N–H and O–H groups in total. The van der Waals surface area contributed by atoms with E-state index >= 15 is 0 Å². The fourth-order valence-electron chi connectivity index (χ4n) is 3.38. The minimum absolute atomic E-state index is 0.00674. The van der Waals surface area contributed by atoms with Gasteiger partial charge in [0.05, 0.1) is 16.8 Å². The van der Waals surface area contributed by atoms with Crippen LogP contribution in [0, 0.1) is 0 Å². The first-order chi connectivity index (χ1) is 17.3. The van der Waals surface area contributed by atoms with Crippen molar-refractivity contribution in [3.05, 3.63) is 98.6 Å². The van der Waals surface area contributed by atoms with E-state index in [0.29, 0.717) is 11.1 Å². The van der Waals surface area contributed by atoms with Crippen LogP contribution >= 0.6 is 27.5 Å². The number of halogens is 2. The molecule has 0 spiro atoms. The summed E-state index contributed by atoms with van der Waals surface area (Å²) in [5.74, 6) is -1.17. The molecule has 0 atom stereocenters. The van der Waals surface area contributed by atoms with Crippen molar-refractivity contribution >= 4 is 57.3 Å². The number of phenolic OH excluding ortho intramolecular Hbond substituents is 1. The highest BCUT2D eigenvalue weighted by atomic mass is 79.9. The number of hydrazone groups is 1. The van der Waals surface area contributed by atoms with Gasteiger partial charge in [0.25, 0.3) is 11.8 Å². The zero-order chi connectivity index (χ0) is 26.1. The number of anilines is 1. The lowest BCUT2D eigenvalue weighted by Crippen LogP contribution is -2.33. The predicted molar refractivity (Wildman–Crippen MR) is 148 cm³/mol. The molecule has 0 aliphatic rings. The lowest BCUT2D eigenvalue weighted by Gasteiger charge is -2.21. The molecule has 3 aromatic carbocycles. The number of nitrogens with zero attached hydrogens (tertiary/aromatic N) is 2. The van der Waals surface area contributed by atoms with E-state index in [1.54, 1.807) is 42.5 Å². The number of aromatic hydroxyl groups is 1. The summed E-state index contributed by atoms with van der Waals surface area (Å²) in [7, 11) is 0. The monoisotopic (exact) mass is 568 g/mol. The van der Waals surface area contributed by atoms with Gasteiger partial charge in [-0.25, -0.2) is 5.43 Å². The van der Waals surface area contributed by atoms with Crippen LogP contribution in [0.4, 0.5) is 5.69 Å². The van der Waals surface area contributed by atoms with Crippen LogP contribution in [0.1, 0.15) is 35.3 Å². The van der Waals surface area contributed by atoms with Crippen LogP contribution in [-0.2, 0) is 4.79 Å². The van der Waals surface area contributed by atoms with Crippen LogP contribution in [0.25, 0.3) is 6.08 Å². The quantitative estimate of drug-likeness (QED) is 0.178. The number of phenols is 1. The van der Waals surface area contributed by atoms with Crippen molar-refractivity contribution in [1.29, 1.82) is 0 Å². The molecule has 0 aliphatic carbocycles. The van der Waals surface area contributed by atoms with E-state index in [2.05, 4.69) is 50.5 Å². The summed E-state index contributed by atoms with van der Waals surface area (Å²) in [6.45, 7) is 5.91. The SMILES string of the molecule is CCN(CC)c1ccc(/C=C(/NC(=O)c2ccccc2Cl)C(=O)N/N=C\c2cc(Br)ccc2O)cc1. The first-order valence-electron chi connectivity index (χ1n) is 11.3. The van der Waals surface area contributed by atoms with Crippen molar-refractivity contribution in [3.8, 4) is 5.75 Å².